The van der Waals surface area contributed by atoms with E-state index in [0.29, 0.717) is 24.4 Å². The topological polar surface area (TPSA) is 65.0 Å². The van der Waals surface area contributed by atoms with Gasteiger partial charge in [0.25, 0.3) is 5.91 Å². The molecule has 1 heterocycles. The number of amides is 2. The number of aryl methyl sites for hydroxylation is 2. The van der Waals surface area contributed by atoms with E-state index in [-0.39, 0.29) is 30.1 Å². The number of rotatable bonds is 6. The molecule has 2 amide bonds. The summed E-state index contributed by atoms with van der Waals surface area (Å²) in [5, 5.41) is 8.58. The van der Waals surface area contributed by atoms with E-state index in [1.807, 2.05) is 57.1 Å². The second-order valence-corrected chi connectivity index (χ2v) is 7.79. The van der Waals surface area contributed by atoms with Crippen LogP contribution < -0.4 is 10.3 Å². The number of hydrazone groups is 1. The van der Waals surface area contributed by atoms with Gasteiger partial charge in [0.15, 0.2) is 0 Å². The van der Waals surface area contributed by atoms with Crippen LogP contribution in [0.5, 0.6) is 0 Å². The van der Waals surface area contributed by atoms with E-state index in [1.165, 1.54) is 17.1 Å². The summed E-state index contributed by atoms with van der Waals surface area (Å²) in [4.78, 5) is 27.2. The lowest BCUT2D eigenvalue weighted by Gasteiger charge is -2.27. The van der Waals surface area contributed by atoms with Gasteiger partial charge >= 0.3 is 0 Å². The number of hydrogen-bond donors (Lipinski definition) is 1. The summed E-state index contributed by atoms with van der Waals surface area (Å²) in [5.41, 5.74) is 3.71. The summed E-state index contributed by atoms with van der Waals surface area (Å²) in [6.07, 6.45) is 0.513. The molecule has 1 unspecified atom stereocenters. The third kappa shape index (κ3) is 4.91. The van der Waals surface area contributed by atoms with Crippen molar-refractivity contribution in [1.82, 2.24) is 10.2 Å². The Morgan fingerprint density at radius 2 is 1.97 bits per heavy atom. The van der Waals surface area contributed by atoms with E-state index < -0.39 is 0 Å². The van der Waals surface area contributed by atoms with Crippen molar-refractivity contribution in [3.8, 4) is 0 Å². The fourth-order valence-corrected chi connectivity index (χ4v) is 3.46. The quantitative estimate of drug-likeness (QED) is 0.794. The molecule has 0 fully saturated rings. The van der Waals surface area contributed by atoms with Crippen molar-refractivity contribution in [1.29, 1.82) is 0 Å². The lowest BCUT2D eigenvalue weighted by atomic mass is 10.1. The van der Waals surface area contributed by atoms with Gasteiger partial charge in [-0.3, -0.25) is 9.59 Å². The second-order valence-electron chi connectivity index (χ2n) is 7.79. The molecule has 0 saturated heterocycles. The predicted molar refractivity (Wildman–Crippen MR) is 116 cm³/mol. The molecule has 0 bridgehead atoms. The number of nitrogens with zero attached hydrogens (tertiary/aromatic N) is 3. The average Bonchev–Trinajstić information content (AvgIpc) is 2.70. The average molecular weight is 410 g/mol. The minimum absolute atomic E-state index is 0.133. The van der Waals surface area contributed by atoms with Gasteiger partial charge < -0.3 is 10.2 Å². The van der Waals surface area contributed by atoms with Crippen LogP contribution in [0.4, 0.5) is 10.1 Å². The first-order valence-corrected chi connectivity index (χ1v) is 9.94. The summed E-state index contributed by atoms with van der Waals surface area (Å²) >= 11 is 0. The first kappa shape index (κ1) is 21.6. The van der Waals surface area contributed by atoms with E-state index in [9.17, 15) is 14.0 Å². The van der Waals surface area contributed by atoms with Crippen LogP contribution in [0.25, 0.3) is 0 Å². The molecular formula is C23H27FN4O2. The molecule has 1 N–H and O–H groups in total. The zero-order chi connectivity index (χ0) is 21.8. The molecule has 0 radical (unpaired) electrons. The van der Waals surface area contributed by atoms with Crippen LogP contribution >= 0.6 is 0 Å². The fraction of sp³-hybridized carbons (Fsp3) is 0.348. The Morgan fingerprint density at radius 3 is 2.67 bits per heavy atom. The van der Waals surface area contributed by atoms with Gasteiger partial charge in [0, 0.05) is 19.4 Å². The molecule has 6 nitrogen and oxygen atoms in total. The molecule has 30 heavy (non-hydrogen) atoms. The van der Waals surface area contributed by atoms with Gasteiger partial charge in [-0.2, -0.15) is 5.10 Å². The predicted octanol–water partition coefficient (Wildman–Crippen LogP) is 3.34. The van der Waals surface area contributed by atoms with Crippen molar-refractivity contribution in [2.75, 3.05) is 25.6 Å². The lowest BCUT2D eigenvalue weighted by molar-refractivity contribution is -0.119. The van der Waals surface area contributed by atoms with Crippen LogP contribution in [0, 0.1) is 19.7 Å². The zero-order valence-corrected chi connectivity index (χ0v) is 17.8. The summed E-state index contributed by atoms with van der Waals surface area (Å²) < 4.78 is 13.6. The first-order chi connectivity index (χ1) is 14.3. The second kappa shape index (κ2) is 9.17. The van der Waals surface area contributed by atoms with Crippen LogP contribution in [-0.4, -0.2) is 43.1 Å². The van der Waals surface area contributed by atoms with Crippen molar-refractivity contribution in [3.05, 3.63) is 65.0 Å². The minimum atomic E-state index is -0.318. The molecule has 3 rings (SSSR count). The van der Waals surface area contributed by atoms with E-state index in [2.05, 4.69) is 10.4 Å². The summed E-state index contributed by atoms with van der Waals surface area (Å²) in [5.74, 6) is -0.766. The van der Waals surface area contributed by atoms with E-state index in [4.69, 9.17) is 0 Å². The Labute approximate surface area is 176 Å². The number of anilines is 1. The molecule has 1 aliphatic rings. The fourth-order valence-electron chi connectivity index (χ4n) is 3.46. The molecule has 7 heteroatoms. The standard InChI is InChI=1S/C23H27FN4O2/c1-15-8-9-16(2)20(12-15)28-22(29)11-10-19(26-28)23(30)25-14-21(27(3)4)17-6-5-7-18(24)13-17/h5-9,12-13,21H,10-11,14H2,1-4H3,(H,25,30). The molecule has 0 spiro atoms. The Kier molecular flexibility index (Phi) is 6.62. The molecule has 158 valence electrons. The Morgan fingerprint density at radius 1 is 1.20 bits per heavy atom. The van der Waals surface area contributed by atoms with Crippen molar-refractivity contribution in [2.24, 2.45) is 5.10 Å². The molecule has 1 atom stereocenters. The van der Waals surface area contributed by atoms with Gasteiger partial charge in [-0.25, -0.2) is 9.40 Å². The zero-order valence-electron chi connectivity index (χ0n) is 17.8. The molecule has 0 saturated carbocycles. The molecular weight excluding hydrogens is 383 g/mol. The summed E-state index contributed by atoms with van der Waals surface area (Å²) in [6.45, 7) is 4.15. The maximum atomic E-state index is 13.6. The van der Waals surface area contributed by atoms with E-state index in [1.54, 1.807) is 6.07 Å². The molecule has 1 aliphatic heterocycles. The van der Waals surface area contributed by atoms with Gasteiger partial charge in [-0.1, -0.05) is 24.3 Å². The van der Waals surface area contributed by atoms with Crippen LogP contribution in [-0.2, 0) is 9.59 Å². The van der Waals surface area contributed by atoms with Crippen LogP contribution in [0.1, 0.15) is 35.6 Å². The first-order valence-electron chi connectivity index (χ1n) is 9.94. The molecule has 0 aliphatic carbocycles. The number of hydrogen-bond acceptors (Lipinski definition) is 4. The van der Waals surface area contributed by atoms with Crippen molar-refractivity contribution in [2.45, 2.75) is 32.7 Å². The van der Waals surface area contributed by atoms with Crippen LogP contribution in [0.3, 0.4) is 0 Å². The molecule has 2 aromatic carbocycles. The maximum absolute atomic E-state index is 13.6. The number of likely N-dealkylation sites (N-methyl/N-ethyl adjacent to an activating group) is 1. The highest BCUT2D eigenvalue weighted by Gasteiger charge is 2.27. The maximum Gasteiger partial charge on any atom is 0.267 e. The molecule has 2 aromatic rings. The Hall–Kier alpha value is -3.06. The Bertz CT molecular complexity index is 987. The van der Waals surface area contributed by atoms with Crippen molar-refractivity contribution >= 4 is 23.2 Å². The molecule has 0 aromatic heterocycles. The highest BCUT2D eigenvalue weighted by Crippen LogP contribution is 2.25. The minimum Gasteiger partial charge on any atom is -0.349 e. The lowest BCUT2D eigenvalue weighted by Crippen LogP contribution is -2.42. The largest absolute Gasteiger partial charge is 0.349 e. The van der Waals surface area contributed by atoms with E-state index >= 15 is 0 Å². The summed E-state index contributed by atoms with van der Waals surface area (Å²) in [6, 6.07) is 12.0. The van der Waals surface area contributed by atoms with Gasteiger partial charge in [0.2, 0.25) is 5.91 Å². The van der Waals surface area contributed by atoms with Crippen LogP contribution in [0.15, 0.2) is 47.6 Å². The summed E-state index contributed by atoms with van der Waals surface area (Å²) in [7, 11) is 3.75. The number of benzene rings is 2. The van der Waals surface area contributed by atoms with Crippen LogP contribution in [0.2, 0.25) is 0 Å². The third-order valence-corrected chi connectivity index (χ3v) is 5.20. The smallest absolute Gasteiger partial charge is 0.267 e. The van der Waals surface area contributed by atoms with Gasteiger partial charge in [-0.05, 0) is 62.8 Å². The SMILES string of the molecule is Cc1ccc(C)c(N2N=C(C(=O)NCC(c3cccc(F)c3)N(C)C)CCC2=O)c1. The number of nitrogens with one attached hydrogen (secondary N) is 1. The normalized spacial score (nSPS) is 15.2. The van der Waals surface area contributed by atoms with Gasteiger partial charge in [0.05, 0.1) is 11.7 Å². The highest BCUT2D eigenvalue weighted by molar-refractivity contribution is 6.40. The van der Waals surface area contributed by atoms with E-state index in [0.717, 1.165) is 16.7 Å². The van der Waals surface area contributed by atoms with Crippen molar-refractivity contribution in [3.63, 3.8) is 0 Å². The Balaban J connectivity index is 1.77. The number of carbonyl (C=O) groups is 2. The van der Waals surface area contributed by atoms with Gasteiger partial charge in [0.1, 0.15) is 11.5 Å². The highest BCUT2D eigenvalue weighted by atomic mass is 19.1. The third-order valence-electron chi connectivity index (χ3n) is 5.20. The van der Waals surface area contributed by atoms with Crippen molar-refractivity contribution < 1.29 is 14.0 Å². The monoisotopic (exact) mass is 410 g/mol. The van der Waals surface area contributed by atoms with Gasteiger partial charge in [-0.15, -0.1) is 0 Å². The number of carbonyl (C=O) groups excluding carboxylic acids is 2. The number of halogens is 1.